The second kappa shape index (κ2) is 9.72. The van der Waals surface area contributed by atoms with Gasteiger partial charge in [0.1, 0.15) is 6.23 Å². The number of hydrogen-bond donors (Lipinski definition) is 3. The van der Waals surface area contributed by atoms with Crippen molar-refractivity contribution in [3.63, 3.8) is 0 Å². The van der Waals surface area contributed by atoms with Gasteiger partial charge in [-0.1, -0.05) is 12.8 Å². The average molecular weight is 237 g/mol. The highest BCUT2D eigenvalue weighted by atomic mass is 16.3. The Morgan fingerprint density at radius 1 is 1.47 bits per heavy atom. The van der Waals surface area contributed by atoms with E-state index < -0.39 is 6.23 Å². The Hall–Kier alpha value is -1.49. The minimum absolute atomic E-state index is 0.164. The maximum atomic E-state index is 11.3. The lowest BCUT2D eigenvalue weighted by atomic mass is 10.1. The van der Waals surface area contributed by atoms with Crippen molar-refractivity contribution in [2.45, 2.75) is 38.8 Å². The van der Waals surface area contributed by atoms with Gasteiger partial charge in [-0.25, -0.2) is 0 Å². The summed E-state index contributed by atoms with van der Waals surface area (Å²) in [7, 11) is 0. The van der Waals surface area contributed by atoms with E-state index in [0.717, 1.165) is 6.42 Å². The van der Waals surface area contributed by atoms with E-state index in [-0.39, 0.29) is 18.4 Å². The highest BCUT2D eigenvalue weighted by Gasteiger charge is 2.14. The molecule has 0 spiro atoms. The lowest BCUT2D eigenvalue weighted by Gasteiger charge is -2.17. The molecule has 0 fully saturated rings. The zero-order chi connectivity index (χ0) is 13.1. The summed E-state index contributed by atoms with van der Waals surface area (Å²) < 4.78 is 0. The van der Waals surface area contributed by atoms with Crippen LogP contribution in [0.4, 0.5) is 0 Å². The van der Waals surface area contributed by atoms with Crippen LogP contribution < -0.4 is 5.32 Å². The number of aliphatic hydroxyl groups excluding tert-OH is 2. The predicted octanol–water partition coefficient (Wildman–Crippen LogP) is 0.246. The standard InChI is InChI=1S/C13H19NO3/c1-3-4-5-6-7-8-9-12(16)14-13(17)11(2)10-15/h1,11,13,15,17H,6-10H2,2H3,(H,14,16). The smallest absolute Gasteiger partial charge is 0.221 e. The largest absolute Gasteiger partial charge is 0.396 e. The Kier molecular flexibility index (Phi) is 8.86. The molecule has 4 heteroatoms. The SMILES string of the molecule is C#CC#CCCCCC(=O)NC(O)C(C)CO. The summed E-state index contributed by atoms with van der Waals surface area (Å²) in [6.07, 6.45) is 6.47. The van der Waals surface area contributed by atoms with E-state index in [4.69, 9.17) is 11.5 Å². The number of carbonyl (C=O) groups excluding carboxylic acids is 1. The van der Waals surface area contributed by atoms with Gasteiger partial charge in [-0.15, -0.1) is 6.42 Å². The molecule has 0 heterocycles. The third-order valence-corrected chi connectivity index (χ3v) is 2.25. The molecular weight excluding hydrogens is 218 g/mol. The van der Waals surface area contributed by atoms with Crippen LogP contribution in [0.3, 0.4) is 0 Å². The molecule has 0 aromatic carbocycles. The van der Waals surface area contributed by atoms with Gasteiger partial charge < -0.3 is 15.5 Å². The van der Waals surface area contributed by atoms with Gasteiger partial charge in [0.05, 0.1) is 0 Å². The number of terminal acetylenes is 1. The first-order valence-electron chi connectivity index (χ1n) is 5.63. The predicted molar refractivity (Wildman–Crippen MR) is 65.5 cm³/mol. The summed E-state index contributed by atoms with van der Waals surface area (Å²) >= 11 is 0. The van der Waals surface area contributed by atoms with Crippen LogP contribution >= 0.6 is 0 Å². The van der Waals surface area contributed by atoms with Gasteiger partial charge in [-0.05, 0) is 24.7 Å². The number of aliphatic hydroxyl groups is 2. The van der Waals surface area contributed by atoms with E-state index in [9.17, 15) is 9.90 Å². The van der Waals surface area contributed by atoms with Crippen LogP contribution in [0.1, 0.15) is 32.6 Å². The molecule has 0 aliphatic rings. The molecule has 0 aliphatic heterocycles. The molecule has 4 nitrogen and oxygen atoms in total. The van der Waals surface area contributed by atoms with Gasteiger partial charge in [-0.2, -0.15) is 0 Å². The van der Waals surface area contributed by atoms with Crippen molar-refractivity contribution >= 4 is 5.91 Å². The van der Waals surface area contributed by atoms with Crippen molar-refractivity contribution in [3.05, 3.63) is 0 Å². The minimum Gasteiger partial charge on any atom is -0.396 e. The maximum absolute atomic E-state index is 11.3. The molecule has 0 radical (unpaired) electrons. The first-order valence-corrected chi connectivity index (χ1v) is 5.63. The van der Waals surface area contributed by atoms with E-state index in [2.05, 4.69) is 23.1 Å². The lowest BCUT2D eigenvalue weighted by Crippen LogP contribution is -2.40. The fraction of sp³-hybridized carbons (Fsp3) is 0.615. The molecule has 2 atom stereocenters. The van der Waals surface area contributed by atoms with E-state index in [1.54, 1.807) is 6.92 Å². The Morgan fingerprint density at radius 2 is 2.18 bits per heavy atom. The normalized spacial score (nSPS) is 12.8. The molecule has 94 valence electrons. The van der Waals surface area contributed by atoms with Crippen molar-refractivity contribution in [2.75, 3.05) is 6.61 Å². The maximum Gasteiger partial charge on any atom is 0.221 e. The number of hydrogen-bond acceptors (Lipinski definition) is 3. The summed E-state index contributed by atoms with van der Waals surface area (Å²) in [6.45, 7) is 1.49. The topological polar surface area (TPSA) is 69.6 Å². The molecule has 0 saturated heterocycles. The summed E-state index contributed by atoms with van der Waals surface area (Å²) in [5.74, 6) is 6.91. The zero-order valence-electron chi connectivity index (χ0n) is 10.1. The molecule has 1 amide bonds. The summed E-state index contributed by atoms with van der Waals surface area (Å²) in [5, 5.41) is 20.6. The average Bonchev–Trinajstić information content (AvgIpc) is 2.32. The van der Waals surface area contributed by atoms with Gasteiger partial charge >= 0.3 is 0 Å². The molecule has 3 N–H and O–H groups in total. The van der Waals surface area contributed by atoms with Crippen molar-refractivity contribution in [3.8, 4) is 24.2 Å². The Labute approximate surface area is 102 Å². The van der Waals surface area contributed by atoms with E-state index >= 15 is 0 Å². The monoisotopic (exact) mass is 237 g/mol. The number of amides is 1. The number of nitrogens with one attached hydrogen (secondary N) is 1. The number of unbranched alkanes of at least 4 members (excludes halogenated alkanes) is 2. The molecule has 0 aliphatic carbocycles. The molecule has 2 unspecified atom stereocenters. The molecule has 0 saturated carbocycles. The second-order valence-electron chi connectivity index (χ2n) is 3.83. The van der Waals surface area contributed by atoms with Gasteiger partial charge in [0, 0.05) is 25.4 Å². The fourth-order valence-electron chi connectivity index (χ4n) is 1.09. The molecule has 0 aromatic rings. The van der Waals surface area contributed by atoms with Gasteiger partial charge in [0.25, 0.3) is 0 Å². The van der Waals surface area contributed by atoms with E-state index in [1.807, 2.05) is 0 Å². The third kappa shape index (κ3) is 8.33. The fourth-order valence-corrected chi connectivity index (χ4v) is 1.09. The number of carbonyl (C=O) groups is 1. The quantitative estimate of drug-likeness (QED) is 0.338. The van der Waals surface area contributed by atoms with Crippen molar-refractivity contribution in [1.29, 1.82) is 0 Å². The first-order chi connectivity index (χ1) is 8.11. The minimum atomic E-state index is -0.992. The third-order valence-electron chi connectivity index (χ3n) is 2.25. The summed E-state index contributed by atoms with van der Waals surface area (Å²) in [5.41, 5.74) is 0. The molecule has 0 aromatic heterocycles. The van der Waals surface area contributed by atoms with Gasteiger partial charge in [-0.3, -0.25) is 4.79 Å². The van der Waals surface area contributed by atoms with Crippen LogP contribution in [0.25, 0.3) is 0 Å². The first kappa shape index (κ1) is 15.5. The highest BCUT2D eigenvalue weighted by Crippen LogP contribution is 2.02. The van der Waals surface area contributed by atoms with Crippen molar-refractivity contribution in [1.82, 2.24) is 5.32 Å². The summed E-state index contributed by atoms with van der Waals surface area (Å²) in [4.78, 5) is 11.3. The Morgan fingerprint density at radius 3 is 2.76 bits per heavy atom. The van der Waals surface area contributed by atoms with Crippen molar-refractivity contribution < 1.29 is 15.0 Å². The van der Waals surface area contributed by atoms with Gasteiger partial charge in [0.15, 0.2) is 0 Å². The Bertz CT molecular complexity index is 322. The van der Waals surface area contributed by atoms with E-state index in [0.29, 0.717) is 19.3 Å². The highest BCUT2D eigenvalue weighted by molar-refractivity contribution is 5.75. The van der Waals surface area contributed by atoms with Crippen LogP contribution in [0.5, 0.6) is 0 Å². The lowest BCUT2D eigenvalue weighted by molar-refractivity contribution is -0.125. The molecular formula is C13H19NO3. The van der Waals surface area contributed by atoms with Crippen LogP contribution in [0.15, 0.2) is 0 Å². The van der Waals surface area contributed by atoms with Crippen LogP contribution in [0, 0.1) is 30.1 Å². The van der Waals surface area contributed by atoms with Gasteiger partial charge in [0.2, 0.25) is 5.91 Å². The Balaban J connectivity index is 3.63. The molecule has 0 bridgehead atoms. The van der Waals surface area contributed by atoms with E-state index in [1.165, 1.54) is 0 Å². The van der Waals surface area contributed by atoms with Crippen molar-refractivity contribution in [2.24, 2.45) is 5.92 Å². The zero-order valence-corrected chi connectivity index (χ0v) is 10.1. The number of rotatable bonds is 7. The van der Waals surface area contributed by atoms with Crippen LogP contribution in [-0.4, -0.2) is 29.0 Å². The summed E-state index contributed by atoms with van der Waals surface area (Å²) in [6, 6.07) is 0. The van der Waals surface area contributed by atoms with Crippen LogP contribution in [0.2, 0.25) is 0 Å². The molecule has 17 heavy (non-hydrogen) atoms. The molecule has 0 rings (SSSR count). The second-order valence-corrected chi connectivity index (χ2v) is 3.83. The van der Waals surface area contributed by atoms with Crippen LogP contribution in [-0.2, 0) is 4.79 Å².